The van der Waals surface area contributed by atoms with Gasteiger partial charge in [0.2, 0.25) is 15.9 Å². The molecule has 0 saturated heterocycles. The number of hydrogen-bond donors (Lipinski definition) is 2. The summed E-state index contributed by atoms with van der Waals surface area (Å²) in [6.45, 7) is 2.87. The minimum Gasteiger partial charge on any atom is -0.460 e. The molecule has 2 N–H and O–H groups in total. The molecule has 0 aliphatic rings. The van der Waals surface area contributed by atoms with Crippen molar-refractivity contribution in [2.24, 2.45) is 0 Å². The number of carbonyl (C=O) groups is 2. The van der Waals surface area contributed by atoms with Crippen LogP contribution in [0.3, 0.4) is 0 Å². The third kappa shape index (κ3) is 5.68. The number of esters is 1. The molecular formula is C18H20N2O5S. The molecule has 0 aliphatic heterocycles. The average molecular weight is 376 g/mol. The Hall–Kier alpha value is -2.71. The largest absolute Gasteiger partial charge is 0.460 e. The number of sulfonamides is 1. The zero-order valence-electron chi connectivity index (χ0n) is 14.5. The fourth-order valence-electron chi connectivity index (χ4n) is 2.14. The Labute approximate surface area is 152 Å². The monoisotopic (exact) mass is 376 g/mol. The van der Waals surface area contributed by atoms with Gasteiger partial charge >= 0.3 is 5.97 Å². The molecule has 26 heavy (non-hydrogen) atoms. The van der Waals surface area contributed by atoms with Crippen molar-refractivity contribution < 1.29 is 22.7 Å². The highest BCUT2D eigenvalue weighted by Crippen LogP contribution is 2.14. The predicted molar refractivity (Wildman–Crippen MR) is 96.9 cm³/mol. The molecule has 0 atom stereocenters. The molecule has 2 rings (SSSR count). The Bertz CT molecular complexity index is 892. The molecule has 1 amide bonds. The van der Waals surface area contributed by atoms with Gasteiger partial charge in [-0.2, -0.15) is 4.72 Å². The number of aryl methyl sites for hydroxylation is 1. The molecular weight excluding hydrogens is 356 g/mol. The van der Waals surface area contributed by atoms with Crippen LogP contribution in [0, 0.1) is 6.92 Å². The van der Waals surface area contributed by atoms with E-state index in [1.54, 1.807) is 0 Å². The molecule has 0 aromatic heterocycles. The molecule has 0 fully saturated rings. The fourth-order valence-corrected chi connectivity index (χ4v) is 3.11. The van der Waals surface area contributed by atoms with Crippen LogP contribution in [-0.4, -0.2) is 26.8 Å². The second kappa shape index (κ2) is 8.59. The number of rotatable bonds is 7. The highest BCUT2D eigenvalue weighted by atomic mass is 32.2. The SMILES string of the molecule is CC(=O)Nc1ccc(S(=O)(=O)NCC(=O)OCc2ccccc2C)cc1. The number of ether oxygens (including phenoxy) is 1. The van der Waals surface area contributed by atoms with Crippen LogP contribution in [0.5, 0.6) is 0 Å². The van der Waals surface area contributed by atoms with Gasteiger partial charge in [-0.3, -0.25) is 9.59 Å². The van der Waals surface area contributed by atoms with Gasteiger partial charge in [-0.25, -0.2) is 8.42 Å². The zero-order chi connectivity index (χ0) is 19.2. The van der Waals surface area contributed by atoms with Crippen molar-refractivity contribution in [3.05, 3.63) is 59.7 Å². The van der Waals surface area contributed by atoms with E-state index in [4.69, 9.17) is 4.74 Å². The van der Waals surface area contributed by atoms with Crippen molar-refractivity contribution in [2.75, 3.05) is 11.9 Å². The standard InChI is InChI=1S/C18H20N2O5S/c1-13-5-3-4-6-15(13)12-25-18(22)11-19-26(23,24)17-9-7-16(8-10-17)20-14(2)21/h3-10,19H,11-12H2,1-2H3,(H,20,21). The second-order valence-corrected chi connectivity index (χ2v) is 7.38. The highest BCUT2D eigenvalue weighted by Gasteiger charge is 2.16. The second-order valence-electron chi connectivity index (χ2n) is 5.62. The van der Waals surface area contributed by atoms with Gasteiger partial charge in [0.15, 0.2) is 0 Å². The lowest BCUT2D eigenvalue weighted by molar-refractivity contribution is -0.143. The number of nitrogens with one attached hydrogen (secondary N) is 2. The van der Waals surface area contributed by atoms with E-state index in [1.807, 2.05) is 31.2 Å². The van der Waals surface area contributed by atoms with Crippen LogP contribution < -0.4 is 10.0 Å². The molecule has 0 bridgehead atoms. The van der Waals surface area contributed by atoms with Gasteiger partial charge in [-0.05, 0) is 42.3 Å². The highest BCUT2D eigenvalue weighted by molar-refractivity contribution is 7.89. The van der Waals surface area contributed by atoms with Gasteiger partial charge < -0.3 is 10.1 Å². The Morgan fingerprint density at radius 1 is 1.04 bits per heavy atom. The summed E-state index contributed by atoms with van der Waals surface area (Å²) in [5.74, 6) is -0.929. The van der Waals surface area contributed by atoms with Gasteiger partial charge in [0, 0.05) is 12.6 Å². The van der Waals surface area contributed by atoms with E-state index in [2.05, 4.69) is 10.0 Å². The first kappa shape index (κ1) is 19.6. The van der Waals surface area contributed by atoms with Crippen LogP contribution in [0.1, 0.15) is 18.1 Å². The minimum atomic E-state index is -3.86. The van der Waals surface area contributed by atoms with E-state index in [1.165, 1.54) is 31.2 Å². The first-order valence-corrected chi connectivity index (χ1v) is 9.34. The molecule has 0 saturated carbocycles. The van der Waals surface area contributed by atoms with E-state index in [0.29, 0.717) is 5.69 Å². The lowest BCUT2D eigenvalue weighted by atomic mass is 10.1. The fraction of sp³-hybridized carbons (Fsp3) is 0.222. The van der Waals surface area contributed by atoms with Crippen molar-refractivity contribution in [3.8, 4) is 0 Å². The Kier molecular flexibility index (Phi) is 6.48. The van der Waals surface area contributed by atoms with Crippen LogP contribution in [0.15, 0.2) is 53.4 Å². The number of anilines is 1. The Balaban J connectivity index is 1.89. The van der Waals surface area contributed by atoms with Crippen LogP contribution in [-0.2, 0) is 31.0 Å². The van der Waals surface area contributed by atoms with E-state index >= 15 is 0 Å². The normalized spacial score (nSPS) is 11.0. The molecule has 0 unspecified atom stereocenters. The minimum absolute atomic E-state index is 0.0155. The zero-order valence-corrected chi connectivity index (χ0v) is 15.3. The van der Waals surface area contributed by atoms with E-state index in [0.717, 1.165) is 11.1 Å². The third-order valence-corrected chi connectivity index (χ3v) is 4.96. The lowest BCUT2D eigenvalue weighted by Gasteiger charge is -2.09. The molecule has 7 nitrogen and oxygen atoms in total. The number of hydrogen-bond acceptors (Lipinski definition) is 5. The lowest BCUT2D eigenvalue weighted by Crippen LogP contribution is -2.30. The maximum absolute atomic E-state index is 12.2. The third-order valence-electron chi connectivity index (χ3n) is 3.54. The van der Waals surface area contributed by atoms with Crippen LogP contribution in [0.25, 0.3) is 0 Å². The molecule has 0 aliphatic carbocycles. The molecule has 0 heterocycles. The van der Waals surface area contributed by atoms with Crippen molar-refractivity contribution in [2.45, 2.75) is 25.3 Å². The molecule has 8 heteroatoms. The van der Waals surface area contributed by atoms with Crippen molar-refractivity contribution in [3.63, 3.8) is 0 Å². The van der Waals surface area contributed by atoms with Crippen LogP contribution in [0.2, 0.25) is 0 Å². The summed E-state index contributed by atoms with van der Waals surface area (Å²) in [6, 6.07) is 13.1. The molecule has 0 spiro atoms. The summed E-state index contributed by atoms with van der Waals surface area (Å²) < 4.78 is 31.7. The average Bonchev–Trinajstić information content (AvgIpc) is 2.59. The topological polar surface area (TPSA) is 102 Å². The molecule has 2 aromatic rings. The van der Waals surface area contributed by atoms with E-state index in [-0.39, 0.29) is 17.4 Å². The summed E-state index contributed by atoms with van der Waals surface area (Å²) in [5, 5.41) is 2.54. The van der Waals surface area contributed by atoms with Crippen molar-refractivity contribution in [1.82, 2.24) is 4.72 Å². The summed E-state index contributed by atoms with van der Waals surface area (Å²) in [6.07, 6.45) is 0. The first-order chi connectivity index (χ1) is 12.3. The van der Waals surface area contributed by atoms with Gasteiger partial charge in [0.25, 0.3) is 0 Å². The smallest absolute Gasteiger partial charge is 0.321 e. The number of amides is 1. The summed E-state index contributed by atoms with van der Waals surface area (Å²) in [7, 11) is -3.86. The summed E-state index contributed by atoms with van der Waals surface area (Å²) >= 11 is 0. The van der Waals surface area contributed by atoms with Crippen LogP contribution in [0.4, 0.5) is 5.69 Å². The van der Waals surface area contributed by atoms with Gasteiger partial charge in [0.05, 0.1) is 4.90 Å². The van der Waals surface area contributed by atoms with Crippen LogP contribution >= 0.6 is 0 Å². The van der Waals surface area contributed by atoms with Gasteiger partial charge in [-0.15, -0.1) is 0 Å². The van der Waals surface area contributed by atoms with E-state index in [9.17, 15) is 18.0 Å². The maximum atomic E-state index is 12.2. The molecule has 0 radical (unpaired) electrons. The van der Waals surface area contributed by atoms with Crippen molar-refractivity contribution in [1.29, 1.82) is 0 Å². The van der Waals surface area contributed by atoms with Gasteiger partial charge in [-0.1, -0.05) is 24.3 Å². The maximum Gasteiger partial charge on any atom is 0.321 e. The van der Waals surface area contributed by atoms with E-state index < -0.39 is 22.5 Å². The Morgan fingerprint density at radius 3 is 2.31 bits per heavy atom. The molecule has 2 aromatic carbocycles. The quantitative estimate of drug-likeness (QED) is 0.720. The first-order valence-electron chi connectivity index (χ1n) is 7.85. The van der Waals surface area contributed by atoms with Gasteiger partial charge in [0.1, 0.15) is 13.2 Å². The Morgan fingerprint density at radius 2 is 1.69 bits per heavy atom. The summed E-state index contributed by atoms with van der Waals surface area (Å²) in [4.78, 5) is 22.7. The number of carbonyl (C=O) groups excluding carboxylic acids is 2. The number of benzene rings is 2. The molecule has 138 valence electrons. The van der Waals surface area contributed by atoms with Crippen molar-refractivity contribution >= 4 is 27.6 Å². The summed E-state index contributed by atoms with van der Waals surface area (Å²) in [5.41, 5.74) is 2.33. The predicted octanol–water partition coefficient (Wildman–Crippen LogP) is 1.98.